The number of fused-ring (bicyclic) bond motifs is 3. The zero-order valence-corrected chi connectivity index (χ0v) is 22.4. The van der Waals surface area contributed by atoms with Gasteiger partial charge in [0.05, 0.1) is 29.3 Å². The maximum absolute atomic E-state index is 13.3. The van der Waals surface area contributed by atoms with Crippen molar-refractivity contribution in [3.8, 4) is 11.6 Å². The maximum atomic E-state index is 13.3. The summed E-state index contributed by atoms with van der Waals surface area (Å²) >= 11 is 0. The Balaban J connectivity index is 1.12. The van der Waals surface area contributed by atoms with Gasteiger partial charge in [-0.05, 0) is 49.3 Å². The number of hydrogen-bond acceptors (Lipinski definition) is 9. The number of carbonyl (C=O) groups is 1. The minimum atomic E-state index is -0.981. The van der Waals surface area contributed by atoms with Gasteiger partial charge in [-0.25, -0.2) is 9.98 Å². The van der Waals surface area contributed by atoms with E-state index in [1.807, 2.05) is 60.8 Å². The molecule has 3 fully saturated rings. The summed E-state index contributed by atoms with van der Waals surface area (Å²) < 4.78 is 12.2. The van der Waals surface area contributed by atoms with Crippen LogP contribution in [0.1, 0.15) is 48.3 Å². The Morgan fingerprint density at radius 3 is 2.51 bits per heavy atom. The summed E-state index contributed by atoms with van der Waals surface area (Å²) in [5.74, 6) is 0.551. The second kappa shape index (κ2) is 9.81. The molecule has 2 saturated heterocycles. The average molecular weight is 548 g/mol. The van der Waals surface area contributed by atoms with E-state index in [-0.39, 0.29) is 24.1 Å². The number of hydrogen-bond donors (Lipinski definition) is 2. The molecular weight excluding hydrogens is 518 g/mol. The standard InChI is InChI=1S/C31H29N7O3/c39-29-28(34-26(19-6-2-1-3-7-19)23-8-4-5-9-24(23)33-29)35-31-37-36-30(41-31)27-25(14-20(15-32-27)18-10-11-18)38-16-21-12-13-22(17-38)40-21/h1-9,14-15,18,21-22,28H,10-13,16-17H2,(H,33,39)(H,35,37)/t21?,22?,28-/m1/s1. The number of nitrogens with one attached hydrogen (secondary N) is 2. The van der Waals surface area contributed by atoms with Gasteiger partial charge >= 0.3 is 6.01 Å². The molecule has 10 nitrogen and oxygen atoms in total. The molecular formula is C31H29N7O3. The molecule has 10 heteroatoms. The molecule has 206 valence electrons. The van der Waals surface area contributed by atoms with Crippen LogP contribution in [-0.4, -0.2) is 58.3 Å². The molecule has 4 aromatic rings. The minimum Gasteiger partial charge on any atom is -0.402 e. The number of rotatable bonds is 6. The lowest BCUT2D eigenvalue weighted by atomic mass is 10.0. The van der Waals surface area contributed by atoms with Gasteiger partial charge in [-0.2, -0.15) is 0 Å². The van der Waals surface area contributed by atoms with E-state index >= 15 is 0 Å². The van der Waals surface area contributed by atoms with Gasteiger partial charge in [-0.15, -0.1) is 5.10 Å². The number of nitrogens with zero attached hydrogens (tertiary/aromatic N) is 5. The molecule has 3 atom stereocenters. The average Bonchev–Trinajstić information content (AvgIpc) is 3.70. The first-order valence-electron chi connectivity index (χ1n) is 14.2. The Bertz CT molecular complexity index is 1640. The first-order chi connectivity index (χ1) is 20.2. The lowest BCUT2D eigenvalue weighted by Gasteiger charge is -2.34. The summed E-state index contributed by atoms with van der Waals surface area (Å²) in [6, 6.07) is 19.8. The number of aliphatic imine (C=N–C) groups is 1. The van der Waals surface area contributed by atoms with Gasteiger partial charge < -0.3 is 24.7 Å². The Labute approximate surface area is 236 Å². The number of aromatic nitrogens is 3. The second-order valence-corrected chi connectivity index (χ2v) is 11.1. The summed E-state index contributed by atoms with van der Waals surface area (Å²) in [4.78, 5) is 25.3. The third-order valence-corrected chi connectivity index (χ3v) is 8.20. The second-order valence-electron chi connectivity index (χ2n) is 11.1. The molecule has 2 N–H and O–H groups in total. The predicted octanol–water partition coefficient (Wildman–Crippen LogP) is 4.60. The van der Waals surface area contributed by atoms with Gasteiger partial charge in [0.15, 0.2) is 5.69 Å². The first-order valence-corrected chi connectivity index (χ1v) is 14.2. The molecule has 5 heterocycles. The predicted molar refractivity (Wildman–Crippen MR) is 154 cm³/mol. The maximum Gasteiger partial charge on any atom is 0.317 e. The van der Waals surface area contributed by atoms with Gasteiger partial charge in [-0.1, -0.05) is 53.6 Å². The smallest absolute Gasteiger partial charge is 0.317 e. The number of amides is 1. The highest BCUT2D eigenvalue weighted by atomic mass is 16.5. The number of para-hydroxylation sites is 1. The highest BCUT2D eigenvalue weighted by Crippen LogP contribution is 2.43. The third-order valence-electron chi connectivity index (χ3n) is 8.20. The fourth-order valence-electron chi connectivity index (χ4n) is 6.00. The van der Waals surface area contributed by atoms with E-state index in [1.165, 1.54) is 18.4 Å². The largest absolute Gasteiger partial charge is 0.402 e. The number of morpholine rings is 1. The van der Waals surface area contributed by atoms with Crippen molar-refractivity contribution in [1.29, 1.82) is 0 Å². The zero-order valence-electron chi connectivity index (χ0n) is 22.4. The first kappa shape index (κ1) is 24.2. The molecule has 1 amide bonds. The van der Waals surface area contributed by atoms with Crippen molar-refractivity contribution in [3.05, 3.63) is 83.6 Å². The van der Waals surface area contributed by atoms with Crippen molar-refractivity contribution in [2.24, 2.45) is 4.99 Å². The Morgan fingerprint density at radius 2 is 1.71 bits per heavy atom. The van der Waals surface area contributed by atoms with E-state index in [9.17, 15) is 4.79 Å². The number of anilines is 3. The van der Waals surface area contributed by atoms with Crippen LogP contribution in [0.4, 0.5) is 17.4 Å². The lowest BCUT2D eigenvalue weighted by Crippen LogP contribution is -2.43. The topological polar surface area (TPSA) is 118 Å². The third kappa shape index (κ3) is 4.63. The van der Waals surface area contributed by atoms with Crippen LogP contribution in [0.3, 0.4) is 0 Å². The molecule has 1 aliphatic carbocycles. The molecule has 2 aromatic heterocycles. The Kier molecular flexibility index (Phi) is 5.80. The van der Waals surface area contributed by atoms with Crippen LogP contribution < -0.4 is 15.5 Å². The van der Waals surface area contributed by atoms with Crippen molar-refractivity contribution in [1.82, 2.24) is 15.2 Å². The molecule has 41 heavy (non-hydrogen) atoms. The SMILES string of the molecule is O=C1Nc2ccccc2C(c2ccccc2)=N[C@@H]1Nc1nnc(-c2ncc(C3CC3)cc2N2CC3CCC(C2)O3)o1. The van der Waals surface area contributed by atoms with Gasteiger partial charge in [0.2, 0.25) is 6.17 Å². The van der Waals surface area contributed by atoms with Crippen LogP contribution in [0.25, 0.3) is 11.6 Å². The monoisotopic (exact) mass is 547 g/mol. The van der Waals surface area contributed by atoms with Gasteiger partial charge in [0.25, 0.3) is 11.8 Å². The summed E-state index contributed by atoms with van der Waals surface area (Å²) in [5.41, 5.74) is 6.01. The molecule has 1 saturated carbocycles. The molecule has 2 bridgehead atoms. The van der Waals surface area contributed by atoms with Crippen LogP contribution >= 0.6 is 0 Å². The van der Waals surface area contributed by atoms with Crippen molar-refractivity contribution >= 4 is 29.0 Å². The molecule has 2 unspecified atom stereocenters. The number of benzodiazepines with no additional fused rings is 1. The van der Waals surface area contributed by atoms with Crippen molar-refractivity contribution in [2.75, 3.05) is 28.6 Å². The van der Waals surface area contributed by atoms with Gasteiger partial charge in [0, 0.05) is 30.4 Å². The molecule has 2 aromatic carbocycles. The Hall–Kier alpha value is -4.57. The van der Waals surface area contributed by atoms with E-state index in [0.29, 0.717) is 28.9 Å². The van der Waals surface area contributed by atoms with Crippen LogP contribution in [0, 0.1) is 0 Å². The number of pyridine rings is 1. The quantitative estimate of drug-likeness (QED) is 0.360. The van der Waals surface area contributed by atoms with Gasteiger partial charge in [-0.3, -0.25) is 4.79 Å². The van der Waals surface area contributed by atoms with E-state index in [0.717, 1.165) is 42.7 Å². The normalized spacial score (nSPS) is 23.4. The summed E-state index contributed by atoms with van der Waals surface area (Å²) in [7, 11) is 0. The molecule has 0 spiro atoms. The van der Waals surface area contributed by atoms with Crippen LogP contribution in [-0.2, 0) is 9.53 Å². The fourth-order valence-corrected chi connectivity index (χ4v) is 6.00. The van der Waals surface area contributed by atoms with Crippen LogP contribution in [0.15, 0.2) is 76.3 Å². The summed E-state index contributed by atoms with van der Waals surface area (Å²) in [5, 5.41) is 14.6. The number of benzene rings is 2. The van der Waals surface area contributed by atoms with Gasteiger partial charge in [0.1, 0.15) is 0 Å². The number of carbonyl (C=O) groups excluding carboxylic acids is 1. The minimum absolute atomic E-state index is 0.100. The van der Waals surface area contributed by atoms with Crippen molar-refractivity contribution in [3.63, 3.8) is 0 Å². The van der Waals surface area contributed by atoms with E-state index in [4.69, 9.17) is 19.1 Å². The van der Waals surface area contributed by atoms with E-state index < -0.39 is 6.17 Å². The zero-order chi connectivity index (χ0) is 27.3. The lowest BCUT2D eigenvalue weighted by molar-refractivity contribution is -0.116. The highest BCUT2D eigenvalue weighted by molar-refractivity contribution is 6.19. The molecule has 4 aliphatic rings. The highest BCUT2D eigenvalue weighted by Gasteiger charge is 2.36. The summed E-state index contributed by atoms with van der Waals surface area (Å²) in [6.45, 7) is 1.64. The molecule has 8 rings (SSSR count). The van der Waals surface area contributed by atoms with E-state index in [2.05, 4.69) is 31.8 Å². The number of ether oxygens (including phenoxy) is 1. The summed E-state index contributed by atoms with van der Waals surface area (Å²) in [6.07, 6.45) is 5.98. The molecule has 0 radical (unpaired) electrons. The van der Waals surface area contributed by atoms with Crippen molar-refractivity contribution < 1.29 is 13.9 Å². The fraction of sp³-hybridized carbons (Fsp3) is 0.323. The molecule has 3 aliphatic heterocycles. The Morgan fingerprint density at radius 1 is 0.927 bits per heavy atom. The van der Waals surface area contributed by atoms with E-state index in [1.54, 1.807) is 0 Å². The van der Waals surface area contributed by atoms with Crippen molar-refractivity contribution in [2.45, 2.75) is 50.0 Å². The van der Waals surface area contributed by atoms with Crippen LogP contribution in [0.2, 0.25) is 0 Å². The van der Waals surface area contributed by atoms with Crippen LogP contribution in [0.5, 0.6) is 0 Å².